The van der Waals surface area contributed by atoms with Gasteiger partial charge in [-0.25, -0.2) is 9.78 Å². The van der Waals surface area contributed by atoms with E-state index in [1.807, 2.05) is 35.2 Å². The van der Waals surface area contributed by atoms with Crippen molar-refractivity contribution in [3.8, 4) is 0 Å². The third-order valence-electron chi connectivity index (χ3n) is 6.16. The SMILES string of the molecule is O=C(NCc1ccccc1)N1CCc2c(sc3ncn(CCN4CCOCC4)c(=O)c23)C1. The Balaban J connectivity index is 1.28. The number of carbonyl (C=O) groups is 1. The van der Waals surface area contributed by atoms with Gasteiger partial charge < -0.3 is 15.0 Å². The minimum absolute atomic E-state index is 0.0303. The topological polar surface area (TPSA) is 79.7 Å². The van der Waals surface area contributed by atoms with Crippen LogP contribution in [0.3, 0.4) is 0 Å². The molecule has 0 radical (unpaired) electrons. The number of hydrogen-bond donors (Lipinski definition) is 1. The van der Waals surface area contributed by atoms with Gasteiger partial charge in [-0.2, -0.15) is 0 Å². The first-order valence-corrected chi connectivity index (χ1v) is 11.9. The Morgan fingerprint density at radius 1 is 1.12 bits per heavy atom. The molecule has 0 bridgehead atoms. The van der Waals surface area contributed by atoms with Crippen molar-refractivity contribution >= 4 is 27.6 Å². The van der Waals surface area contributed by atoms with Crippen LogP contribution in [0.15, 0.2) is 41.5 Å². The largest absolute Gasteiger partial charge is 0.379 e. The number of hydrogen-bond acceptors (Lipinski definition) is 6. The number of aromatic nitrogens is 2. The summed E-state index contributed by atoms with van der Waals surface area (Å²) in [6.07, 6.45) is 2.34. The summed E-state index contributed by atoms with van der Waals surface area (Å²) in [6.45, 7) is 6.37. The zero-order chi connectivity index (χ0) is 21.9. The van der Waals surface area contributed by atoms with E-state index in [4.69, 9.17) is 4.74 Å². The number of nitrogens with one attached hydrogen (secondary N) is 1. The van der Waals surface area contributed by atoms with Gasteiger partial charge in [-0.15, -0.1) is 11.3 Å². The van der Waals surface area contributed by atoms with Crippen LogP contribution in [0.25, 0.3) is 10.2 Å². The Labute approximate surface area is 190 Å². The van der Waals surface area contributed by atoms with E-state index in [2.05, 4.69) is 15.2 Å². The highest BCUT2D eigenvalue weighted by molar-refractivity contribution is 7.18. The van der Waals surface area contributed by atoms with Crippen molar-refractivity contribution in [2.45, 2.75) is 26.1 Å². The summed E-state index contributed by atoms with van der Waals surface area (Å²) in [5, 5.41) is 3.73. The fourth-order valence-electron chi connectivity index (χ4n) is 4.31. The molecule has 5 rings (SSSR count). The van der Waals surface area contributed by atoms with Gasteiger partial charge in [0, 0.05) is 44.1 Å². The van der Waals surface area contributed by atoms with E-state index in [0.29, 0.717) is 32.6 Å². The summed E-state index contributed by atoms with van der Waals surface area (Å²) in [5.74, 6) is 0. The van der Waals surface area contributed by atoms with Gasteiger partial charge >= 0.3 is 6.03 Å². The summed E-state index contributed by atoms with van der Waals surface area (Å²) in [6, 6.07) is 9.81. The van der Waals surface area contributed by atoms with E-state index in [-0.39, 0.29) is 11.6 Å². The molecule has 0 aliphatic carbocycles. The van der Waals surface area contributed by atoms with Crippen molar-refractivity contribution in [1.29, 1.82) is 0 Å². The fraction of sp³-hybridized carbons (Fsp3) is 0.435. The third kappa shape index (κ3) is 4.41. The van der Waals surface area contributed by atoms with Gasteiger partial charge in [-0.3, -0.25) is 14.3 Å². The second-order valence-electron chi connectivity index (χ2n) is 8.20. The maximum absolute atomic E-state index is 13.2. The monoisotopic (exact) mass is 453 g/mol. The number of benzene rings is 1. The number of fused-ring (bicyclic) bond motifs is 3. The van der Waals surface area contributed by atoms with Crippen LogP contribution in [-0.4, -0.2) is 64.8 Å². The normalized spacial score (nSPS) is 16.8. The molecule has 1 fully saturated rings. The highest BCUT2D eigenvalue weighted by atomic mass is 32.1. The highest BCUT2D eigenvalue weighted by Gasteiger charge is 2.26. The summed E-state index contributed by atoms with van der Waals surface area (Å²) in [5.41, 5.74) is 2.17. The van der Waals surface area contributed by atoms with E-state index < -0.39 is 0 Å². The first kappa shape index (κ1) is 21.1. The summed E-state index contributed by atoms with van der Waals surface area (Å²) < 4.78 is 7.12. The Morgan fingerprint density at radius 2 is 1.94 bits per heavy atom. The zero-order valence-electron chi connectivity index (χ0n) is 18.0. The molecule has 2 aromatic heterocycles. The molecular weight excluding hydrogens is 426 g/mol. The molecule has 2 amide bonds. The lowest BCUT2D eigenvalue weighted by Gasteiger charge is -2.27. The maximum atomic E-state index is 13.2. The second-order valence-corrected chi connectivity index (χ2v) is 9.28. The smallest absolute Gasteiger partial charge is 0.318 e. The van der Waals surface area contributed by atoms with Crippen LogP contribution >= 0.6 is 11.3 Å². The van der Waals surface area contributed by atoms with Crippen LogP contribution in [0.5, 0.6) is 0 Å². The van der Waals surface area contributed by atoms with E-state index in [1.165, 1.54) is 11.3 Å². The van der Waals surface area contributed by atoms with Crippen LogP contribution in [0.4, 0.5) is 4.79 Å². The first-order valence-electron chi connectivity index (χ1n) is 11.1. The van der Waals surface area contributed by atoms with Crippen LogP contribution in [0.2, 0.25) is 0 Å². The van der Waals surface area contributed by atoms with Gasteiger partial charge in [0.2, 0.25) is 0 Å². The molecule has 1 saturated heterocycles. The second kappa shape index (κ2) is 9.40. The van der Waals surface area contributed by atoms with E-state index >= 15 is 0 Å². The van der Waals surface area contributed by atoms with Crippen LogP contribution < -0.4 is 10.9 Å². The molecule has 3 aromatic rings. The number of ether oxygens (including phenoxy) is 1. The number of rotatable bonds is 5. The quantitative estimate of drug-likeness (QED) is 0.640. The molecule has 168 valence electrons. The van der Waals surface area contributed by atoms with Crippen LogP contribution in [0, 0.1) is 0 Å². The minimum atomic E-state index is -0.0761. The van der Waals surface area contributed by atoms with Gasteiger partial charge in [0.05, 0.1) is 31.5 Å². The van der Waals surface area contributed by atoms with Crippen LogP contribution in [-0.2, 0) is 30.8 Å². The van der Waals surface area contributed by atoms with E-state index in [1.54, 1.807) is 10.9 Å². The predicted octanol–water partition coefficient (Wildman–Crippen LogP) is 2.06. The molecule has 4 heterocycles. The number of urea groups is 1. The van der Waals surface area contributed by atoms with Crippen molar-refractivity contribution < 1.29 is 9.53 Å². The average molecular weight is 454 g/mol. The van der Waals surface area contributed by atoms with E-state index in [9.17, 15) is 9.59 Å². The van der Waals surface area contributed by atoms with Gasteiger partial charge in [0.1, 0.15) is 4.83 Å². The zero-order valence-corrected chi connectivity index (χ0v) is 18.8. The minimum Gasteiger partial charge on any atom is -0.379 e. The van der Waals surface area contributed by atoms with E-state index in [0.717, 1.165) is 59.1 Å². The van der Waals surface area contributed by atoms with Crippen LogP contribution in [0.1, 0.15) is 16.0 Å². The lowest BCUT2D eigenvalue weighted by Crippen LogP contribution is -2.42. The highest BCUT2D eigenvalue weighted by Crippen LogP contribution is 2.32. The van der Waals surface area contributed by atoms with Crippen molar-refractivity contribution in [2.24, 2.45) is 0 Å². The molecule has 32 heavy (non-hydrogen) atoms. The number of thiophene rings is 1. The molecule has 0 saturated carbocycles. The average Bonchev–Trinajstić information content (AvgIpc) is 3.22. The number of amides is 2. The molecular formula is C23H27N5O3S. The number of morpholine rings is 1. The summed E-state index contributed by atoms with van der Waals surface area (Å²) in [4.78, 5) is 36.4. The molecule has 2 aliphatic heterocycles. The third-order valence-corrected chi connectivity index (χ3v) is 7.29. The fourth-order valence-corrected chi connectivity index (χ4v) is 5.50. The molecule has 0 unspecified atom stereocenters. The summed E-state index contributed by atoms with van der Waals surface area (Å²) >= 11 is 1.53. The standard InChI is InChI=1S/C23H27N5O3S/c29-22-20-18-6-7-27(23(30)24-14-17-4-2-1-3-5-17)15-19(18)32-21(20)25-16-28(22)9-8-26-10-12-31-13-11-26/h1-5,16H,6-15H2,(H,24,30). The number of nitrogens with zero attached hydrogens (tertiary/aromatic N) is 4. The molecule has 2 aliphatic rings. The molecule has 8 nitrogen and oxygen atoms in total. The van der Waals surface area contributed by atoms with Crippen molar-refractivity contribution in [3.05, 3.63) is 63.0 Å². The molecule has 1 N–H and O–H groups in total. The molecule has 0 spiro atoms. The predicted molar refractivity (Wildman–Crippen MR) is 124 cm³/mol. The van der Waals surface area contributed by atoms with Gasteiger partial charge in [-0.1, -0.05) is 30.3 Å². The van der Waals surface area contributed by atoms with Crippen molar-refractivity contribution in [2.75, 3.05) is 39.4 Å². The summed E-state index contributed by atoms with van der Waals surface area (Å²) in [7, 11) is 0. The van der Waals surface area contributed by atoms with Gasteiger partial charge in [0.25, 0.3) is 5.56 Å². The molecule has 0 atom stereocenters. The lowest BCUT2D eigenvalue weighted by molar-refractivity contribution is 0.0362. The van der Waals surface area contributed by atoms with Crippen molar-refractivity contribution in [3.63, 3.8) is 0 Å². The Kier molecular flexibility index (Phi) is 6.20. The van der Waals surface area contributed by atoms with Gasteiger partial charge in [-0.05, 0) is 17.5 Å². The Morgan fingerprint density at radius 3 is 2.75 bits per heavy atom. The number of carbonyl (C=O) groups excluding carboxylic acids is 1. The Bertz CT molecular complexity index is 1150. The molecule has 9 heteroatoms. The first-order chi connectivity index (χ1) is 15.7. The molecule has 1 aromatic carbocycles. The maximum Gasteiger partial charge on any atom is 0.318 e. The lowest BCUT2D eigenvalue weighted by atomic mass is 10.1. The van der Waals surface area contributed by atoms with Gasteiger partial charge in [0.15, 0.2) is 0 Å². The Hall–Kier alpha value is -2.75. The van der Waals surface area contributed by atoms with Crippen molar-refractivity contribution in [1.82, 2.24) is 24.7 Å².